The summed E-state index contributed by atoms with van der Waals surface area (Å²) in [4.78, 5) is 2.57. The smallest absolute Gasteiger partial charge is 0.214 e. The van der Waals surface area contributed by atoms with E-state index in [2.05, 4.69) is 35.6 Å². The maximum Gasteiger partial charge on any atom is 0.214 e. The standard InChI is InChI=1S/C22H35N3O4S2/c1-16-12-18-7-10-24-15-19-6-4-9-25(21(19)14-22(24)20(18)13-17(16)2)31(28,29)11-5-8-23-30(3,26)27/h12-13,19,21-23H,4-11,14-15H2,1-3H3/t19-,21+,22+/m1/s1. The Hall–Kier alpha value is -1.00. The van der Waals surface area contributed by atoms with Gasteiger partial charge in [-0.1, -0.05) is 12.1 Å². The van der Waals surface area contributed by atoms with E-state index in [9.17, 15) is 16.8 Å². The van der Waals surface area contributed by atoms with Gasteiger partial charge in [-0.15, -0.1) is 0 Å². The van der Waals surface area contributed by atoms with E-state index >= 15 is 0 Å². The van der Waals surface area contributed by atoms with Crippen LogP contribution in [0.5, 0.6) is 0 Å². The first kappa shape index (κ1) is 23.2. The third kappa shape index (κ3) is 5.00. The Balaban J connectivity index is 1.52. The molecule has 174 valence electrons. The maximum absolute atomic E-state index is 13.2. The SMILES string of the molecule is Cc1cc2c(cc1C)[C@@H]1C[C@H]3[C@H](CCCN3S(=O)(=O)CCCNS(C)(=O)=O)CN1CC2. The number of piperidine rings is 2. The van der Waals surface area contributed by atoms with Crippen molar-refractivity contribution < 1.29 is 16.8 Å². The molecular weight excluding hydrogens is 434 g/mol. The van der Waals surface area contributed by atoms with Crippen molar-refractivity contribution in [2.45, 2.75) is 58.0 Å². The minimum atomic E-state index is -3.42. The van der Waals surface area contributed by atoms with Crippen LogP contribution in [-0.2, 0) is 26.5 Å². The fourth-order valence-corrected chi connectivity index (χ4v) is 8.00. The quantitative estimate of drug-likeness (QED) is 0.644. The Morgan fingerprint density at radius 2 is 1.84 bits per heavy atom. The van der Waals surface area contributed by atoms with E-state index in [1.165, 1.54) is 22.3 Å². The number of aryl methyl sites for hydroxylation is 2. The lowest BCUT2D eigenvalue weighted by molar-refractivity contribution is 0.0219. The predicted octanol–water partition coefficient (Wildman–Crippen LogP) is 1.96. The summed E-state index contributed by atoms with van der Waals surface area (Å²) in [7, 11) is -6.72. The van der Waals surface area contributed by atoms with Crippen LogP contribution in [0.3, 0.4) is 0 Å². The molecule has 1 aromatic rings. The van der Waals surface area contributed by atoms with E-state index in [1.807, 2.05) is 0 Å². The van der Waals surface area contributed by atoms with Crippen molar-refractivity contribution >= 4 is 20.0 Å². The van der Waals surface area contributed by atoms with Gasteiger partial charge < -0.3 is 0 Å². The average molecular weight is 470 g/mol. The molecule has 3 aliphatic heterocycles. The second-order valence-corrected chi connectivity index (χ2v) is 13.4. The molecule has 1 aromatic carbocycles. The molecule has 3 heterocycles. The summed E-state index contributed by atoms with van der Waals surface area (Å²) in [5.74, 6) is 0.365. The predicted molar refractivity (Wildman–Crippen MR) is 123 cm³/mol. The molecule has 0 bridgehead atoms. The molecule has 0 aliphatic carbocycles. The fourth-order valence-electron chi connectivity index (χ4n) is 5.67. The van der Waals surface area contributed by atoms with Crippen LogP contribution in [0.1, 0.15) is 54.0 Å². The van der Waals surface area contributed by atoms with Crippen LogP contribution in [-0.4, -0.2) is 70.3 Å². The lowest BCUT2D eigenvalue weighted by Crippen LogP contribution is -2.57. The van der Waals surface area contributed by atoms with Crippen LogP contribution in [0.4, 0.5) is 0 Å². The van der Waals surface area contributed by atoms with Crippen molar-refractivity contribution in [1.82, 2.24) is 13.9 Å². The minimum Gasteiger partial charge on any atom is -0.296 e. The molecule has 2 fully saturated rings. The molecule has 7 nitrogen and oxygen atoms in total. The molecule has 0 spiro atoms. The molecule has 0 aromatic heterocycles. The summed E-state index contributed by atoms with van der Waals surface area (Å²) in [5, 5.41) is 0. The van der Waals surface area contributed by atoms with Crippen molar-refractivity contribution in [1.29, 1.82) is 0 Å². The average Bonchev–Trinajstić information content (AvgIpc) is 2.70. The van der Waals surface area contributed by atoms with Crippen molar-refractivity contribution in [3.63, 3.8) is 0 Å². The van der Waals surface area contributed by atoms with Gasteiger partial charge in [0.1, 0.15) is 0 Å². The van der Waals surface area contributed by atoms with Gasteiger partial charge >= 0.3 is 0 Å². The van der Waals surface area contributed by atoms with Gasteiger partial charge in [-0.2, -0.15) is 4.31 Å². The second-order valence-electron chi connectivity index (χ2n) is 9.55. The molecule has 3 aliphatic rings. The van der Waals surface area contributed by atoms with Gasteiger partial charge in [-0.05, 0) is 74.1 Å². The number of rotatable bonds is 6. The molecular formula is C22H35N3O4S2. The van der Waals surface area contributed by atoms with Gasteiger partial charge in [-0.3, -0.25) is 4.90 Å². The van der Waals surface area contributed by atoms with Gasteiger partial charge in [0.05, 0.1) is 12.0 Å². The molecule has 1 N–H and O–H groups in total. The molecule has 0 saturated carbocycles. The molecule has 31 heavy (non-hydrogen) atoms. The molecule has 9 heteroatoms. The van der Waals surface area contributed by atoms with E-state index in [0.29, 0.717) is 18.9 Å². The summed E-state index contributed by atoms with van der Waals surface area (Å²) in [5.41, 5.74) is 5.42. The fraction of sp³-hybridized carbons (Fsp3) is 0.727. The van der Waals surface area contributed by atoms with E-state index in [0.717, 1.165) is 45.0 Å². The summed E-state index contributed by atoms with van der Waals surface area (Å²) >= 11 is 0. The number of benzene rings is 1. The lowest BCUT2D eigenvalue weighted by Gasteiger charge is -2.52. The van der Waals surface area contributed by atoms with Crippen LogP contribution >= 0.6 is 0 Å². The Morgan fingerprint density at radius 1 is 1.10 bits per heavy atom. The highest BCUT2D eigenvalue weighted by atomic mass is 32.2. The highest BCUT2D eigenvalue weighted by molar-refractivity contribution is 7.89. The maximum atomic E-state index is 13.2. The Labute approximate surface area is 187 Å². The van der Waals surface area contributed by atoms with Gasteiger partial charge in [0.25, 0.3) is 0 Å². The Bertz CT molecular complexity index is 1040. The van der Waals surface area contributed by atoms with Crippen LogP contribution < -0.4 is 4.72 Å². The normalized spacial score (nSPS) is 27.4. The van der Waals surface area contributed by atoms with Crippen LogP contribution in [0.2, 0.25) is 0 Å². The zero-order valence-electron chi connectivity index (χ0n) is 18.8. The third-order valence-corrected chi connectivity index (χ3v) is 10.0. The van der Waals surface area contributed by atoms with Gasteiger partial charge in [-0.25, -0.2) is 21.6 Å². The van der Waals surface area contributed by atoms with Crippen molar-refractivity contribution in [2.75, 3.05) is 38.2 Å². The van der Waals surface area contributed by atoms with E-state index < -0.39 is 20.0 Å². The number of nitrogens with one attached hydrogen (secondary N) is 1. The monoisotopic (exact) mass is 469 g/mol. The highest BCUT2D eigenvalue weighted by Gasteiger charge is 2.45. The van der Waals surface area contributed by atoms with Crippen molar-refractivity contribution in [2.24, 2.45) is 5.92 Å². The number of hydrogen-bond donors (Lipinski definition) is 1. The third-order valence-electron chi connectivity index (χ3n) is 7.33. The van der Waals surface area contributed by atoms with E-state index in [1.54, 1.807) is 4.31 Å². The van der Waals surface area contributed by atoms with Crippen LogP contribution in [0.25, 0.3) is 0 Å². The first-order valence-corrected chi connectivity index (χ1v) is 14.8. The Morgan fingerprint density at radius 3 is 2.58 bits per heavy atom. The first-order chi connectivity index (χ1) is 14.5. The number of nitrogens with zero attached hydrogens (tertiary/aromatic N) is 2. The zero-order valence-corrected chi connectivity index (χ0v) is 20.4. The molecule has 3 atom stereocenters. The van der Waals surface area contributed by atoms with E-state index in [-0.39, 0.29) is 24.4 Å². The Kier molecular flexibility index (Phi) is 6.53. The number of fused-ring (bicyclic) bond motifs is 4. The van der Waals surface area contributed by atoms with Gasteiger partial charge in [0.2, 0.25) is 20.0 Å². The van der Waals surface area contributed by atoms with Gasteiger partial charge in [0.15, 0.2) is 0 Å². The van der Waals surface area contributed by atoms with Crippen LogP contribution in [0, 0.1) is 19.8 Å². The largest absolute Gasteiger partial charge is 0.296 e. The van der Waals surface area contributed by atoms with Gasteiger partial charge in [0, 0.05) is 38.3 Å². The molecule has 0 amide bonds. The number of sulfonamides is 2. The summed E-state index contributed by atoms with van der Waals surface area (Å²) in [6.07, 6.45) is 5.28. The second kappa shape index (κ2) is 8.74. The summed E-state index contributed by atoms with van der Waals surface area (Å²) < 4.78 is 53.1. The van der Waals surface area contributed by atoms with E-state index in [4.69, 9.17) is 0 Å². The molecule has 2 saturated heterocycles. The van der Waals surface area contributed by atoms with Crippen molar-refractivity contribution in [3.8, 4) is 0 Å². The minimum absolute atomic E-state index is 0.0119. The van der Waals surface area contributed by atoms with Crippen molar-refractivity contribution in [3.05, 3.63) is 34.4 Å². The molecule has 4 rings (SSSR count). The van der Waals surface area contributed by atoms with Crippen LogP contribution in [0.15, 0.2) is 12.1 Å². The number of hydrogen-bond acceptors (Lipinski definition) is 5. The first-order valence-electron chi connectivity index (χ1n) is 11.3. The zero-order chi connectivity index (χ0) is 22.4. The highest BCUT2D eigenvalue weighted by Crippen LogP contribution is 2.44. The summed E-state index contributed by atoms with van der Waals surface area (Å²) in [6.45, 7) is 7.06. The topological polar surface area (TPSA) is 86.8 Å². The molecule has 0 radical (unpaired) electrons. The molecule has 0 unspecified atom stereocenters. The lowest BCUT2D eigenvalue weighted by atomic mass is 9.77. The summed E-state index contributed by atoms with van der Waals surface area (Å²) in [6, 6.07) is 4.96.